The van der Waals surface area contributed by atoms with Crippen molar-refractivity contribution in [3.8, 4) is 0 Å². The van der Waals surface area contributed by atoms with Crippen LogP contribution in [0.25, 0.3) is 0 Å². The molecule has 1 saturated heterocycles. The van der Waals surface area contributed by atoms with Crippen LogP contribution in [0.3, 0.4) is 0 Å². The van der Waals surface area contributed by atoms with Gasteiger partial charge in [-0.15, -0.1) is 5.10 Å². The number of nitrogens with one attached hydrogen (secondary N) is 1. The monoisotopic (exact) mass is 366 g/mol. The number of esters is 1. The third kappa shape index (κ3) is 3.34. The number of halogens is 2. The highest BCUT2D eigenvalue weighted by atomic mass is 35.5. The van der Waals surface area contributed by atoms with E-state index >= 15 is 0 Å². The minimum absolute atomic E-state index is 0.0430. The van der Waals surface area contributed by atoms with Gasteiger partial charge in [-0.3, -0.25) is 4.79 Å². The van der Waals surface area contributed by atoms with Gasteiger partial charge in [0, 0.05) is 6.54 Å². The Morgan fingerprint density at radius 2 is 2.24 bits per heavy atom. The zero-order valence-corrected chi connectivity index (χ0v) is 14.2. The Labute approximate surface area is 148 Å². The predicted molar refractivity (Wildman–Crippen MR) is 86.8 cm³/mol. The SMILES string of the molecule is CCOC(=O)c1n[nH]nc1C1CCCN1C(=O)c1ccc(F)cc1Cl. The molecular formula is C16H16ClFN4O3. The first-order valence-corrected chi connectivity index (χ1v) is 8.24. The van der Waals surface area contributed by atoms with Crippen molar-refractivity contribution in [3.05, 3.63) is 46.0 Å². The van der Waals surface area contributed by atoms with Crippen LogP contribution in [0.1, 0.15) is 52.3 Å². The summed E-state index contributed by atoms with van der Waals surface area (Å²) in [6.07, 6.45) is 1.37. The molecule has 0 aliphatic carbocycles. The van der Waals surface area contributed by atoms with Gasteiger partial charge < -0.3 is 9.64 Å². The third-order valence-corrected chi connectivity index (χ3v) is 4.35. The minimum Gasteiger partial charge on any atom is -0.461 e. The highest BCUT2D eigenvalue weighted by Gasteiger charge is 2.36. The molecule has 1 fully saturated rings. The van der Waals surface area contributed by atoms with Crippen LogP contribution >= 0.6 is 11.6 Å². The molecule has 7 nitrogen and oxygen atoms in total. The van der Waals surface area contributed by atoms with Gasteiger partial charge in [0.25, 0.3) is 5.91 Å². The number of aromatic nitrogens is 3. The van der Waals surface area contributed by atoms with Crippen molar-refractivity contribution in [2.45, 2.75) is 25.8 Å². The molecule has 25 heavy (non-hydrogen) atoms. The Balaban J connectivity index is 1.90. The second-order valence-electron chi connectivity index (χ2n) is 5.56. The summed E-state index contributed by atoms with van der Waals surface area (Å²) in [5.74, 6) is -1.45. The topological polar surface area (TPSA) is 88.2 Å². The Morgan fingerprint density at radius 3 is 2.96 bits per heavy atom. The van der Waals surface area contributed by atoms with Crippen molar-refractivity contribution in [2.24, 2.45) is 0 Å². The van der Waals surface area contributed by atoms with Crippen LogP contribution in [0.15, 0.2) is 18.2 Å². The summed E-state index contributed by atoms with van der Waals surface area (Å²) in [6.45, 7) is 2.38. The van der Waals surface area contributed by atoms with E-state index in [2.05, 4.69) is 15.4 Å². The fourth-order valence-corrected chi connectivity index (χ4v) is 3.18. The molecule has 3 rings (SSSR count). The van der Waals surface area contributed by atoms with Crippen LogP contribution < -0.4 is 0 Å². The lowest BCUT2D eigenvalue weighted by molar-refractivity contribution is 0.0512. The Kier molecular flexibility index (Phi) is 4.98. The van der Waals surface area contributed by atoms with E-state index in [1.165, 1.54) is 12.1 Å². The first kappa shape index (κ1) is 17.3. The third-order valence-electron chi connectivity index (χ3n) is 4.03. The van der Waals surface area contributed by atoms with Gasteiger partial charge in [0.2, 0.25) is 0 Å². The van der Waals surface area contributed by atoms with E-state index in [-0.39, 0.29) is 28.8 Å². The molecule has 0 radical (unpaired) electrons. The number of benzene rings is 1. The van der Waals surface area contributed by atoms with E-state index in [1.54, 1.807) is 11.8 Å². The molecule has 1 amide bonds. The fraction of sp³-hybridized carbons (Fsp3) is 0.375. The number of H-pyrrole nitrogens is 1. The zero-order chi connectivity index (χ0) is 18.0. The lowest BCUT2D eigenvalue weighted by atomic mass is 10.1. The number of likely N-dealkylation sites (tertiary alicyclic amines) is 1. The Bertz CT molecular complexity index is 810. The van der Waals surface area contributed by atoms with Gasteiger partial charge in [-0.05, 0) is 38.0 Å². The maximum atomic E-state index is 13.2. The van der Waals surface area contributed by atoms with Gasteiger partial charge >= 0.3 is 5.97 Å². The summed E-state index contributed by atoms with van der Waals surface area (Å²) >= 11 is 6.00. The van der Waals surface area contributed by atoms with Crippen molar-refractivity contribution in [1.82, 2.24) is 20.3 Å². The van der Waals surface area contributed by atoms with E-state index in [0.717, 1.165) is 12.5 Å². The van der Waals surface area contributed by atoms with E-state index < -0.39 is 17.8 Å². The first-order valence-electron chi connectivity index (χ1n) is 7.86. The van der Waals surface area contributed by atoms with Crippen LogP contribution in [-0.2, 0) is 4.74 Å². The van der Waals surface area contributed by atoms with Gasteiger partial charge in [0.15, 0.2) is 5.69 Å². The smallest absolute Gasteiger partial charge is 0.360 e. The van der Waals surface area contributed by atoms with Crippen molar-refractivity contribution in [3.63, 3.8) is 0 Å². The van der Waals surface area contributed by atoms with E-state index in [0.29, 0.717) is 18.7 Å². The van der Waals surface area contributed by atoms with Crippen LogP contribution in [0.2, 0.25) is 5.02 Å². The normalized spacial score (nSPS) is 16.9. The molecule has 1 atom stereocenters. The number of carbonyl (C=O) groups is 2. The second-order valence-corrected chi connectivity index (χ2v) is 5.97. The summed E-state index contributed by atoms with van der Waals surface area (Å²) < 4.78 is 18.2. The van der Waals surface area contributed by atoms with Gasteiger partial charge in [-0.25, -0.2) is 9.18 Å². The number of hydrogen-bond acceptors (Lipinski definition) is 5. The first-order chi connectivity index (χ1) is 12.0. The average molecular weight is 367 g/mol. The molecule has 1 aromatic carbocycles. The van der Waals surface area contributed by atoms with E-state index in [4.69, 9.17) is 16.3 Å². The number of ether oxygens (including phenoxy) is 1. The fourth-order valence-electron chi connectivity index (χ4n) is 2.93. The molecule has 1 unspecified atom stereocenters. The molecular weight excluding hydrogens is 351 g/mol. The molecule has 2 heterocycles. The van der Waals surface area contributed by atoms with Gasteiger partial charge in [0.1, 0.15) is 11.5 Å². The lowest BCUT2D eigenvalue weighted by Gasteiger charge is -2.24. The van der Waals surface area contributed by atoms with Crippen LogP contribution in [0, 0.1) is 5.82 Å². The minimum atomic E-state index is -0.592. The molecule has 1 aromatic heterocycles. The maximum absolute atomic E-state index is 13.2. The quantitative estimate of drug-likeness (QED) is 0.840. The number of amides is 1. The number of hydrogen-bond donors (Lipinski definition) is 1. The number of aromatic amines is 1. The molecule has 1 aliphatic heterocycles. The van der Waals surface area contributed by atoms with Crippen molar-refractivity contribution in [1.29, 1.82) is 0 Å². The number of carbonyl (C=O) groups excluding carboxylic acids is 2. The molecule has 1 aliphatic rings. The highest BCUT2D eigenvalue weighted by Crippen LogP contribution is 2.34. The predicted octanol–water partition coefficient (Wildman–Crippen LogP) is 2.75. The highest BCUT2D eigenvalue weighted by molar-refractivity contribution is 6.33. The van der Waals surface area contributed by atoms with Crippen LogP contribution in [0.5, 0.6) is 0 Å². The van der Waals surface area contributed by atoms with E-state index in [1.807, 2.05) is 0 Å². The molecule has 9 heteroatoms. The lowest BCUT2D eigenvalue weighted by Crippen LogP contribution is -2.32. The van der Waals surface area contributed by atoms with Gasteiger partial charge in [0.05, 0.1) is 23.2 Å². The Hall–Kier alpha value is -2.48. The molecule has 0 bridgehead atoms. The molecule has 0 saturated carbocycles. The van der Waals surface area contributed by atoms with Crippen LogP contribution in [-0.4, -0.2) is 45.3 Å². The van der Waals surface area contributed by atoms with Crippen molar-refractivity contribution in [2.75, 3.05) is 13.2 Å². The van der Waals surface area contributed by atoms with Crippen LogP contribution in [0.4, 0.5) is 4.39 Å². The summed E-state index contributed by atoms with van der Waals surface area (Å²) in [4.78, 5) is 26.4. The average Bonchev–Trinajstić information content (AvgIpc) is 3.23. The van der Waals surface area contributed by atoms with Crippen molar-refractivity contribution < 1.29 is 18.7 Å². The molecule has 1 N–H and O–H groups in total. The maximum Gasteiger partial charge on any atom is 0.360 e. The molecule has 0 spiro atoms. The Morgan fingerprint density at radius 1 is 1.44 bits per heavy atom. The largest absolute Gasteiger partial charge is 0.461 e. The summed E-state index contributed by atoms with van der Waals surface area (Å²) in [6, 6.07) is 3.21. The standard InChI is InChI=1S/C16H16ClFN4O3/c1-2-25-16(24)14-13(19-21-20-14)12-4-3-7-22(12)15(23)10-6-5-9(18)8-11(10)17/h5-6,8,12H,2-4,7H2,1H3,(H,19,20,21). The molecule has 2 aromatic rings. The molecule has 132 valence electrons. The zero-order valence-electron chi connectivity index (χ0n) is 13.5. The number of rotatable bonds is 4. The number of nitrogens with zero attached hydrogens (tertiary/aromatic N) is 3. The summed E-state index contributed by atoms with van der Waals surface area (Å²) in [5.41, 5.74) is 0.635. The van der Waals surface area contributed by atoms with E-state index in [9.17, 15) is 14.0 Å². The van der Waals surface area contributed by atoms with Gasteiger partial charge in [-0.1, -0.05) is 11.6 Å². The summed E-state index contributed by atoms with van der Waals surface area (Å²) in [7, 11) is 0. The second kappa shape index (κ2) is 7.18. The van der Waals surface area contributed by atoms with Gasteiger partial charge in [-0.2, -0.15) is 10.3 Å². The summed E-state index contributed by atoms with van der Waals surface area (Å²) in [5, 5.41) is 10.4. The van der Waals surface area contributed by atoms with Crippen molar-refractivity contribution >= 4 is 23.5 Å².